The van der Waals surface area contributed by atoms with Crippen molar-refractivity contribution < 1.29 is 22.8 Å². The zero-order valence-corrected chi connectivity index (χ0v) is 17.8. The maximum atomic E-state index is 13.8. The molecule has 1 fully saturated rings. The van der Waals surface area contributed by atoms with Crippen LogP contribution in [0, 0.1) is 17.5 Å². The Balaban J connectivity index is 1.78. The van der Waals surface area contributed by atoms with Gasteiger partial charge in [0.25, 0.3) is 0 Å². The number of piperidine rings is 1. The molecule has 1 aliphatic heterocycles. The normalized spacial score (nSPS) is 18.5. The molecule has 0 radical (unpaired) electrons. The lowest BCUT2D eigenvalue weighted by molar-refractivity contribution is -0.125. The van der Waals surface area contributed by atoms with E-state index >= 15 is 0 Å². The summed E-state index contributed by atoms with van der Waals surface area (Å²) in [4.78, 5) is 30.3. The van der Waals surface area contributed by atoms with Crippen molar-refractivity contribution >= 4 is 23.0 Å². The average molecular weight is 459 g/mol. The number of carbonyl (C=O) groups is 2. The van der Waals surface area contributed by atoms with Gasteiger partial charge in [0.15, 0.2) is 5.78 Å². The van der Waals surface area contributed by atoms with Gasteiger partial charge in [0.2, 0.25) is 5.91 Å². The first-order chi connectivity index (χ1) is 15.3. The number of amides is 1. The Bertz CT molecular complexity index is 1150. The molecule has 9 heteroatoms. The third-order valence-corrected chi connectivity index (χ3v) is 6.69. The quantitative estimate of drug-likeness (QED) is 0.533. The van der Waals surface area contributed by atoms with Crippen LogP contribution >= 0.6 is 11.3 Å². The number of nitrogens with zero attached hydrogens (tertiary/aromatic N) is 1. The number of aromatic nitrogens is 1. The summed E-state index contributed by atoms with van der Waals surface area (Å²) in [6.07, 6.45) is 1.85. The van der Waals surface area contributed by atoms with Crippen LogP contribution in [0.1, 0.15) is 36.2 Å². The van der Waals surface area contributed by atoms with Gasteiger partial charge in [0.1, 0.15) is 33.7 Å². The Hall–Kier alpha value is -3.04. The van der Waals surface area contributed by atoms with Crippen molar-refractivity contribution in [1.29, 1.82) is 0 Å². The van der Waals surface area contributed by atoms with Gasteiger partial charge in [-0.05, 0) is 55.6 Å². The van der Waals surface area contributed by atoms with Gasteiger partial charge >= 0.3 is 0 Å². The minimum Gasteiger partial charge on any atom is -0.368 e. The van der Waals surface area contributed by atoms with Crippen molar-refractivity contribution in [1.82, 2.24) is 10.3 Å². The summed E-state index contributed by atoms with van der Waals surface area (Å²) in [5, 5.41) is 3.32. The fourth-order valence-electron chi connectivity index (χ4n) is 3.88. The largest absolute Gasteiger partial charge is 0.368 e. The molecule has 5 nitrogen and oxygen atoms in total. The molecule has 3 N–H and O–H groups in total. The van der Waals surface area contributed by atoms with Crippen molar-refractivity contribution in [3.63, 3.8) is 0 Å². The minimum atomic E-state index is -1.18. The zero-order chi connectivity index (χ0) is 22.9. The molecule has 1 aliphatic rings. The second-order valence-electron chi connectivity index (χ2n) is 7.79. The fraction of sp³-hybridized carbons (Fsp3) is 0.261. The van der Waals surface area contributed by atoms with Crippen LogP contribution in [0.25, 0.3) is 21.0 Å². The van der Waals surface area contributed by atoms with E-state index in [-0.39, 0.29) is 22.7 Å². The first-order valence-corrected chi connectivity index (χ1v) is 10.9. The Labute approximate surface area is 186 Å². The van der Waals surface area contributed by atoms with Gasteiger partial charge in [0, 0.05) is 18.1 Å². The number of hydrogen-bond donors (Lipinski definition) is 2. The third kappa shape index (κ3) is 4.44. The summed E-state index contributed by atoms with van der Waals surface area (Å²) >= 11 is 1.06. The Morgan fingerprint density at radius 1 is 1.00 bits per heavy atom. The fourth-order valence-corrected chi connectivity index (χ4v) is 4.96. The minimum absolute atomic E-state index is 0.0503. The summed E-state index contributed by atoms with van der Waals surface area (Å²) in [7, 11) is 0. The Morgan fingerprint density at radius 2 is 1.69 bits per heavy atom. The molecule has 2 heterocycles. The molecule has 1 saturated heterocycles. The monoisotopic (exact) mass is 459 g/mol. The van der Waals surface area contributed by atoms with Crippen LogP contribution in [-0.4, -0.2) is 28.8 Å². The molecule has 1 atom stereocenters. The number of carbonyl (C=O) groups excluding carboxylic acids is 2. The van der Waals surface area contributed by atoms with Gasteiger partial charge in [-0.15, -0.1) is 11.3 Å². The van der Waals surface area contributed by atoms with E-state index in [9.17, 15) is 22.8 Å². The molecule has 0 bridgehead atoms. The number of halogens is 3. The third-order valence-electron chi connectivity index (χ3n) is 5.53. The molecule has 0 spiro atoms. The Morgan fingerprint density at radius 3 is 2.28 bits per heavy atom. The van der Waals surface area contributed by atoms with Crippen molar-refractivity contribution in [3.05, 3.63) is 65.6 Å². The van der Waals surface area contributed by atoms with Gasteiger partial charge in [0.05, 0.1) is 4.88 Å². The standard InChI is InChI=1S/C23H20F3N3O2S/c24-15-5-3-13(4-6-15)20-19(18(30)12-23(22(27)31)7-1-2-8-28-23)29-21(32-20)14-9-16(25)11-17(26)10-14/h3-6,9-11,28H,1-2,7-8,12H2,(H2,27,31). The predicted octanol–water partition coefficient (Wildman–Crippen LogP) is 4.46. The van der Waals surface area contributed by atoms with Crippen LogP contribution in [0.15, 0.2) is 42.5 Å². The molecule has 0 aliphatic carbocycles. The molecule has 3 aromatic rings. The van der Waals surface area contributed by atoms with Crippen molar-refractivity contribution in [2.45, 2.75) is 31.2 Å². The number of benzene rings is 2. The highest BCUT2D eigenvalue weighted by atomic mass is 32.1. The van der Waals surface area contributed by atoms with Gasteiger partial charge in [-0.25, -0.2) is 18.2 Å². The molecule has 1 unspecified atom stereocenters. The van der Waals surface area contributed by atoms with E-state index in [4.69, 9.17) is 5.73 Å². The van der Waals surface area contributed by atoms with Crippen LogP contribution < -0.4 is 11.1 Å². The van der Waals surface area contributed by atoms with Crippen molar-refractivity contribution in [3.8, 4) is 21.0 Å². The molecule has 4 rings (SSSR count). The first-order valence-electron chi connectivity index (χ1n) is 10.1. The highest BCUT2D eigenvalue weighted by molar-refractivity contribution is 7.18. The van der Waals surface area contributed by atoms with Crippen LogP contribution in [0.5, 0.6) is 0 Å². The van der Waals surface area contributed by atoms with E-state index in [0.29, 0.717) is 23.4 Å². The number of nitrogens with one attached hydrogen (secondary N) is 1. The van der Waals surface area contributed by atoms with E-state index in [1.807, 2.05) is 0 Å². The maximum absolute atomic E-state index is 13.8. The first kappa shape index (κ1) is 22.2. The Kier molecular flexibility index (Phi) is 6.12. The highest BCUT2D eigenvalue weighted by Crippen LogP contribution is 2.38. The number of nitrogens with two attached hydrogens (primary N) is 1. The van der Waals surface area contributed by atoms with E-state index in [1.165, 1.54) is 24.3 Å². The van der Waals surface area contributed by atoms with E-state index in [0.717, 1.165) is 42.4 Å². The zero-order valence-electron chi connectivity index (χ0n) is 17.0. The lowest BCUT2D eigenvalue weighted by atomic mass is 9.83. The summed E-state index contributed by atoms with van der Waals surface area (Å²) in [6.45, 7) is 0.561. The lowest BCUT2D eigenvalue weighted by Gasteiger charge is -2.34. The second-order valence-corrected chi connectivity index (χ2v) is 8.79. The van der Waals surface area contributed by atoms with Crippen molar-refractivity contribution in [2.75, 3.05) is 6.54 Å². The van der Waals surface area contributed by atoms with E-state index < -0.39 is 34.7 Å². The summed E-state index contributed by atoms with van der Waals surface area (Å²) < 4.78 is 41.0. The highest BCUT2D eigenvalue weighted by Gasteiger charge is 2.40. The molecule has 1 amide bonds. The number of Topliss-reactive ketones (excluding diaryl/α,β-unsaturated/α-hetero) is 1. The smallest absolute Gasteiger partial charge is 0.238 e. The molecular formula is C23H20F3N3O2S. The predicted molar refractivity (Wildman–Crippen MR) is 116 cm³/mol. The van der Waals surface area contributed by atoms with Crippen LogP contribution in [-0.2, 0) is 4.79 Å². The van der Waals surface area contributed by atoms with Gasteiger partial charge < -0.3 is 11.1 Å². The SMILES string of the molecule is NC(=O)C1(CC(=O)c2nc(-c3cc(F)cc(F)c3)sc2-c2ccc(F)cc2)CCCCN1. The molecule has 0 saturated carbocycles. The number of ketones is 1. The number of thiazole rings is 1. The van der Waals surface area contributed by atoms with Crippen molar-refractivity contribution in [2.24, 2.45) is 5.73 Å². The molecule has 166 valence electrons. The number of primary amides is 1. The molecule has 32 heavy (non-hydrogen) atoms. The second kappa shape index (κ2) is 8.84. The average Bonchev–Trinajstić information content (AvgIpc) is 3.20. The van der Waals surface area contributed by atoms with E-state index in [2.05, 4.69) is 10.3 Å². The van der Waals surface area contributed by atoms with Gasteiger partial charge in [-0.2, -0.15) is 0 Å². The molecule has 1 aromatic heterocycles. The maximum Gasteiger partial charge on any atom is 0.238 e. The topological polar surface area (TPSA) is 85.1 Å². The summed E-state index contributed by atoms with van der Waals surface area (Å²) in [5.74, 6) is -3.04. The van der Waals surface area contributed by atoms with Gasteiger partial charge in [-0.3, -0.25) is 9.59 Å². The number of hydrogen-bond acceptors (Lipinski definition) is 5. The molecule has 2 aromatic carbocycles. The lowest BCUT2D eigenvalue weighted by Crippen LogP contribution is -2.58. The molecular weight excluding hydrogens is 439 g/mol. The summed E-state index contributed by atoms with van der Waals surface area (Å²) in [6, 6.07) is 8.49. The van der Waals surface area contributed by atoms with Gasteiger partial charge in [-0.1, -0.05) is 12.1 Å². The van der Waals surface area contributed by atoms with Crippen LogP contribution in [0.4, 0.5) is 13.2 Å². The van der Waals surface area contributed by atoms with Crippen LogP contribution in [0.2, 0.25) is 0 Å². The summed E-state index contributed by atoms with van der Waals surface area (Å²) in [5.41, 5.74) is 5.21. The van der Waals surface area contributed by atoms with E-state index in [1.54, 1.807) is 0 Å². The van der Waals surface area contributed by atoms with Crippen LogP contribution in [0.3, 0.4) is 0 Å². The number of rotatable bonds is 6.